The molecule has 1 aliphatic carbocycles. The molecule has 0 aliphatic heterocycles. The van der Waals surface area contributed by atoms with Gasteiger partial charge in [-0.05, 0) is 41.6 Å². The fourth-order valence-corrected chi connectivity index (χ4v) is 2.53. The molecule has 0 saturated heterocycles. The molecule has 0 N–H and O–H groups in total. The summed E-state index contributed by atoms with van der Waals surface area (Å²) in [5, 5.41) is 4.30. The van der Waals surface area contributed by atoms with Crippen LogP contribution < -0.4 is 0 Å². The zero-order valence-corrected chi connectivity index (χ0v) is 11.5. The average Bonchev–Trinajstić information content (AvgIpc) is 3.03. The Morgan fingerprint density at radius 2 is 2.25 bits per heavy atom. The number of aryl methyl sites for hydroxylation is 2. The van der Waals surface area contributed by atoms with Gasteiger partial charge in [0.2, 0.25) is 0 Å². The third kappa shape index (κ3) is 2.21. The lowest BCUT2D eigenvalue weighted by Crippen LogP contribution is -2.17. The van der Waals surface area contributed by atoms with Crippen molar-refractivity contribution in [2.45, 2.75) is 33.1 Å². The van der Waals surface area contributed by atoms with Crippen LogP contribution in [0.2, 0.25) is 0 Å². The number of Topliss-reactive ketones (excluding diaryl/α,β-unsaturated/α-hetero) is 1. The van der Waals surface area contributed by atoms with E-state index in [1.54, 1.807) is 4.68 Å². The van der Waals surface area contributed by atoms with E-state index in [9.17, 15) is 4.79 Å². The molecule has 0 radical (unpaired) electrons. The summed E-state index contributed by atoms with van der Waals surface area (Å²) in [5.74, 6) is 1.19. The number of halogens is 1. The first-order chi connectivity index (χ1) is 7.50. The molecule has 0 amide bonds. The number of carbonyl (C=O) groups is 1. The van der Waals surface area contributed by atoms with Gasteiger partial charge < -0.3 is 0 Å². The topological polar surface area (TPSA) is 34.9 Å². The van der Waals surface area contributed by atoms with Crippen molar-refractivity contribution in [2.24, 2.45) is 18.9 Å². The highest BCUT2D eigenvalue weighted by atomic mass is 79.9. The first-order valence-corrected chi connectivity index (χ1v) is 6.50. The maximum absolute atomic E-state index is 12.0. The van der Waals surface area contributed by atoms with Gasteiger partial charge in [-0.1, -0.05) is 6.92 Å². The van der Waals surface area contributed by atoms with E-state index >= 15 is 0 Å². The predicted molar refractivity (Wildman–Crippen MR) is 66.2 cm³/mol. The number of aromatic nitrogens is 2. The maximum atomic E-state index is 12.0. The Kier molecular flexibility index (Phi) is 3.19. The maximum Gasteiger partial charge on any atom is 0.141 e. The van der Waals surface area contributed by atoms with Gasteiger partial charge in [0, 0.05) is 19.4 Å². The number of hydrogen-bond donors (Lipinski definition) is 0. The summed E-state index contributed by atoms with van der Waals surface area (Å²) in [5.41, 5.74) is 1.94. The highest BCUT2D eigenvalue weighted by Gasteiger charge is 2.32. The molecular weight excluding hydrogens is 268 g/mol. The third-order valence-electron chi connectivity index (χ3n) is 3.44. The van der Waals surface area contributed by atoms with Crippen LogP contribution in [-0.2, 0) is 18.3 Å². The molecule has 0 bridgehead atoms. The summed E-state index contributed by atoms with van der Waals surface area (Å²) < 4.78 is 2.78. The molecule has 4 heteroatoms. The fraction of sp³-hybridized carbons (Fsp3) is 0.667. The van der Waals surface area contributed by atoms with E-state index in [4.69, 9.17) is 0 Å². The van der Waals surface area contributed by atoms with Gasteiger partial charge in [-0.2, -0.15) is 5.10 Å². The summed E-state index contributed by atoms with van der Waals surface area (Å²) >= 11 is 3.50. The van der Waals surface area contributed by atoms with E-state index in [0.717, 1.165) is 15.9 Å². The Morgan fingerprint density at radius 1 is 1.62 bits per heavy atom. The molecule has 1 fully saturated rings. The molecule has 0 spiro atoms. The van der Waals surface area contributed by atoms with Crippen LogP contribution in [0.1, 0.15) is 31.2 Å². The normalized spacial score (nSPS) is 17.5. The summed E-state index contributed by atoms with van der Waals surface area (Å²) in [7, 11) is 1.89. The first kappa shape index (κ1) is 11.8. The van der Waals surface area contributed by atoms with Gasteiger partial charge in [0.05, 0.1) is 15.9 Å². The van der Waals surface area contributed by atoms with Crippen LogP contribution in [0.25, 0.3) is 0 Å². The second kappa shape index (κ2) is 4.32. The van der Waals surface area contributed by atoms with E-state index in [2.05, 4.69) is 28.0 Å². The molecule has 1 heterocycles. The fourth-order valence-electron chi connectivity index (χ4n) is 2.06. The first-order valence-electron chi connectivity index (χ1n) is 5.71. The number of ketones is 1. The van der Waals surface area contributed by atoms with Gasteiger partial charge in [-0.3, -0.25) is 9.48 Å². The quantitative estimate of drug-likeness (QED) is 0.852. The van der Waals surface area contributed by atoms with E-state index < -0.39 is 0 Å². The van der Waals surface area contributed by atoms with Crippen LogP contribution in [0.4, 0.5) is 0 Å². The molecule has 1 unspecified atom stereocenters. The van der Waals surface area contributed by atoms with Crippen LogP contribution in [0.3, 0.4) is 0 Å². The van der Waals surface area contributed by atoms with Gasteiger partial charge in [-0.25, -0.2) is 0 Å². The monoisotopic (exact) mass is 284 g/mol. The smallest absolute Gasteiger partial charge is 0.141 e. The minimum atomic E-state index is 0.210. The Morgan fingerprint density at radius 3 is 2.69 bits per heavy atom. The van der Waals surface area contributed by atoms with Gasteiger partial charge >= 0.3 is 0 Å². The minimum Gasteiger partial charge on any atom is -0.299 e. The van der Waals surface area contributed by atoms with Crippen LogP contribution in [0.5, 0.6) is 0 Å². The molecule has 1 atom stereocenters. The third-order valence-corrected chi connectivity index (χ3v) is 4.47. The summed E-state index contributed by atoms with van der Waals surface area (Å²) in [6.07, 6.45) is 2.94. The highest BCUT2D eigenvalue weighted by Crippen LogP contribution is 2.37. The lowest BCUT2D eigenvalue weighted by atomic mass is 9.97. The number of nitrogens with zero attached hydrogens (tertiary/aromatic N) is 2. The average molecular weight is 285 g/mol. The van der Waals surface area contributed by atoms with Crippen molar-refractivity contribution in [3.8, 4) is 0 Å². The molecule has 3 nitrogen and oxygen atoms in total. The van der Waals surface area contributed by atoms with Crippen molar-refractivity contribution in [2.75, 3.05) is 0 Å². The van der Waals surface area contributed by atoms with Crippen LogP contribution in [-0.4, -0.2) is 15.6 Å². The SMILES string of the molecule is Cc1nn(C)c(CC(=O)C(C)C2CC2)c1Br. The van der Waals surface area contributed by atoms with Gasteiger partial charge in [-0.15, -0.1) is 0 Å². The Labute approximate surface area is 104 Å². The minimum absolute atomic E-state index is 0.210. The molecule has 1 aromatic rings. The molecular formula is C12H17BrN2O. The van der Waals surface area contributed by atoms with Crippen LogP contribution in [0.15, 0.2) is 4.47 Å². The van der Waals surface area contributed by atoms with Crippen molar-refractivity contribution < 1.29 is 4.79 Å². The number of carbonyl (C=O) groups excluding carboxylic acids is 1. The number of rotatable bonds is 4. The van der Waals surface area contributed by atoms with E-state index in [1.165, 1.54) is 12.8 Å². The van der Waals surface area contributed by atoms with Crippen molar-refractivity contribution >= 4 is 21.7 Å². The number of hydrogen-bond acceptors (Lipinski definition) is 2. The van der Waals surface area contributed by atoms with E-state index in [-0.39, 0.29) is 5.92 Å². The molecule has 88 valence electrons. The van der Waals surface area contributed by atoms with Gasteiger partial charge in [0.1, 0.15) is 5.78 Å². The summed E-state index contributed by atoms with van der Waals surface area (Å²) in [4.78, 5) is 12.0. The Hall–Kier alpha value is -0.640. The predicted octanol–water partition coefficient (Wildman–Crippen LogP) is 2.65. The van der Waals surface area contributed by atoms with Gasteiger partial charge in [0.25, 0.3) is 0 Å². The molecule has 1 saturated carbocycles. The van der Waals surface area contributed by atoms with E-state index in [0.29, 0.717) is 18.1 Å². The molecule has 16 heavy (non-hydrogen) atoms. The summed E-state index contributed by atoms with van der Waals surface area (Å²) in [6.45, 7) is 4.00. The summed E-state index contributed by atoms with van der Waals surface area (Å²) in [6, 6.07) is 0. The van der Waals surface area contributed by atoms with Gasteiger partial charge in [0.15, 0.2) is 0 Å². The second-order valence-corrected chi connectivity index (χ2v) is 5.53. The molecule has 0 aromatic carbocycles. The standard InChI is InChI=1S/C12H17BrN2O/c1-7(9-4-5-9)11(16)6-10-12(13)8(2)14-15(10)3/h7,9H,4-6H2,1-3H3. The molecule has 1 aliphatic rings. The highest BCUT2D eigenvalue weighted by molar-refractivity contribution is 9.10. The van der Waals surface area contributed by atoms with Crippen LogP contribution >= 0.6 is 15.9 Å². The Balaban J connectivity index is 2.10. The van der Waals surface area contributed by atoms with Crippen molar-refractivity contribution in [1.29, 1.82) is 0 Å². The largest absolute Gasteiger partial charge is 0.299 e. The van der Waals surface area contributed by atoms with Crippen LogP contribution in [0, 0.1) is 18.8 Å². The zero-order chi connectivity index (χ0) is 11.9. The van der Waals surface area contributed by atoms with Crippen molar-refractivity contribution in [3.05, 3.63) is 15.9 Å². The lowest BCUT2D eigenvalue weighted by Gasteiger charge is -2.09. The van der Waals surface area contributed by atoms with E-state index in [1.807, 2.05) is 14.0 Å². The molecule has 1 aromatic heterocycles. The zero-order valence-electron chi connectivity index (χ0n) is 9.96. The lowest BCUT2D eigenvalue weighted by molar-refractivity contribution is -0.122. The second-order valence-electron chi connectivity index (χ2n) is 4.74. The van der Waals surface area contributed by atoms with Crippen molar-refractivity contribution in [1.82, 2.24) is 9.78 Å². The molecule has 2 rings (SSSR count). The van der Waals surface area contributed by atoms with Crippen molar-refractivity contribution in [3.63, 3.8) is 0 Å². The Bertz CT molecular complexity index is 421.